The van der Waals surface area contributed by atoms with Gasteiger partial charge in [0.2, 0.25) is 0 Å². The molecule has 0 aliphatic heterocycles. The molecule has 1 fully saturated rings. The molecule has 1 aliphatic rings. The lowest BCUT2D eigenvalue weighted by molar-refractivity contribution is 0.0596. The van der Waals surface area contributed by atoms with Crippen LogP contribution in [0.5, 0.6) is 0 Å². The van der Waals surface area contributed by atoms with E-state index in [1.165, 1.54) is 49.9 Å². The highest BCUT2D eigenvalue weighted by molar-refractivity contribution is 7.99. The molecular formula is C20H24ClN3O2S2. The normalized spacial score (nSPS) is 14.7. The highest BCUT2D eigenvalue weighted by atomic mass is 35.5. The van der Waals surface area contributed by atoms with E-state index in [-0.39, 0.29) is 0 Å². The number of carbonyl (C=O) groups is 1. The highest BCUT2D eigenvalue weighted by Gasteiger charge is 2.24. The summed E-state index contributed by atoms with van der Waals surface area (Å²) < 4.78 is 5.05. The van der Waals surface area contributed by atoms with Crippen molar-refractivity contribution >= 4 is 46.9 Å². The summed E-state index contributed by atoms with van der Waals surface area (Å²) >= 11 is 8.94. The van der Waals surface area contributed by atoms with E-state index in [9.17, 15) is 4.79 Å². The van der Waals surface area contributed by atoms with Crippen LogP contribution in [0, 0.1) is 0 Å². The summed E-state index contributed by atoms with van der Waals surface area (Å²) in [6.07, 6.45) is 7.78. The standard InChI is InChI=1S/C20H24ClN3O2S2/c1-26-19(25)16-17(22-15-6-4-3-5-7-15)23-20(27-2)24-18(16)28-12-13-8-10-14(21)11-9-13/h8-11,15H,3-7,12H2,1-2H3,(H,22,23,24). The van der Waals surface area contributed by atoms with Crippen LogP contribution in [0.3, 0.4) is 0 Å². The van der Waals surface area contributed by atoms with E-state index in [1.807, 2.05) is 30.5 Å². The molecule has 150 valence electrons. The fourth-order valence-corrected chi connectivity index (χ4v) is 4.70. The maximum Gasteiger partial charge on any atom is 0.344 e. The number of rotatable bonds is 7. The zero-order chi connectivity index (χ0) is 19.9. The number of aromatic nitrogens is 2. The second kappa shape index (κ2) is 10.4. The molecule has 1 N–H and O–H groups in total. The first-order valence-corrected chi connectivity index (χ1v) is 11.9. The van der Waals surface area contributed by atoms with Crippen LogP contribution < -0.4 is 5.32 Å². The van der Waals surface area contributed by atoms with Crippen molar-refractivity contribution in [3.63, 3.8) is 0 Å². The molecule has 3 rings (SSSR count). The van der Waals surface area contributed by atoms with E-state index in [2.05, 4.69) is 15.3 Å². The molecule has 1 aromatic heterocycles. The number of nitrogens with zero attached hydrogens (tertiary/aromatic N) is 2. The Morgan fingerprint density at radius 3 is 2.57 bits per heavy atom. The molecule has 8 heteroatoms. The molecule has 2 aromatic rings. The third-order valence-electron chi connectivity index (χ3n) is 4.66. The zero-order valence-corrected chi connectivity index (χ0v) is 18.4. The number of anilines is 1. The minimum atomic E-state index is -0.412. The molecule has 0 amide bonds. The van der Waals surface area contributed by atoms with Gasteiger partial charge in [-0.25, -0.2) is 14.8 Å². The molecule has 5 nitrogen and oxygen atoms in total. The molecule has 1 saturated carbocycles. The molecule has 0 saturated heterocycles. The summed E-state index contributed by atoms with van der Waals surface area (Å²) in [7, 11) is 1.39. The number of thioether (sulfide) groups is 2. The largest absolute Gasteiger partial charge is 0.465 e. The lowest BCUT2D eigenvalue weighted by Crippen LogP contribution is -2.25. The van der Waals surface area contributed by atoms with E-state index in [4.69, 9.17) is 16.3 Å². The molecule has 0 radical (unpaired) electrons. The Kier molecular flexibility index (Phi) is 7.88. The van der Waals surface area contributed by atoms with E-state index in [0.29, 0.717) is 38.4 Å². The van der Waals surface area contributed by atoms with Crippen LogP contribution in [-0.4, -0.2) is 35.3 Å². The summed E-state index contributed by atoms with van der Waals surface area (Å²) in [4.78, 5) is 21.8. The van der Waals surface area contributed by atoms with Crippen molar-refractivity contribution in [2.45, 2.75) is 54.1 Å². The average molecular weight is 438 g/mol. The lowest BCUT2D eigenvalue weighted by Gasteiger charge is -2.24. The van der Waals surface area contributed by atoms with Gasteiger partial charge in [0, 0.05) is 16.8 Å². The van der Waals surface area contributed by atoms with E-state index < -0.39 is 5.97 Å². The molecule has 0 atom stereocenters. The van der Waals surface area contributed by atoms with Crippen molar-refractivity contribution in [3.05, 3.63) is 40.4 Å². The van der Waals surface area contributed by atoms with Crippen molar-refractivity contribution in [3.8, 4) is 0 Å². The van der Waals surface area contributed by atoms with E-state index >= 15 is 0 Å². The first kappa shape index (κ1) is 21.3. The topological polar surface area (TPSA) is 64.1 Å². The van der Waals surface area contributed by atoms with Gasteiger partial charge < -0.3 is 10.1 Å². The van der Waals surface area contributed by atoms with Crippen molar-refractivity contribution < 1.29 is 9.53 Å². The minimum absolute atomic E-state index is 0.330. The van der Waals surface area contributed by atoms with Gasteiger partial charge in [-0.2, -0.15) is 0 Å². The number of esters is 1. The van der Waals surface area contributed by atoms with Crippen molar-refractivity contribution in [1.82, 2.24) is 9.97 Å². The van der Waals surface area contributed by atoms with E-state index in [1.54, 1.807) is 0 Å². The van der Waals surface area contributed by atoms with Gasteiger partial charge in [-0.15, -0.1) is 11.8 Å². The first-order chi connectivity index (χ1) is 13.6. The summed E-state index contributed by atoms with van der Waals surface area (Å²) in [6, 6.07) is 8.01. The van der Waals surface area contributed by atoms with Gasteiger partial charge in [-0.3, -0.25) is 0 Å². The lowest BCUT2D eigenvalue weighted by atomic mass is 9.95. The predicted molar refractivity (Wildman–Crippen MR) is 117 cm³/mol. The third-order valence-corrected chi connectivity index (χ3v) is 6.51. The molecular weight excluding hydrogens is 414 g/mol. The molecule has 1 heterocycles. The fraction of sp³-hybridized carbons (Fsp3) is 0.450. The average Bonchev–Trinajstić information content (AvgIpc) is 2.73. The van der Waals surface area contributed by atoms with Crippen molar-refractivity contribution in [2.75, 3.05) is 18.7 Å². The quantitative estimate of drug-likeness (QED) is 0.259. The third kappa shape index (κ3) is 5.55. The number of hydrogen-bond acceptors (Lipinski definition) is 7. The molecule has 0 bridgehead atoms. The number of benzene rings is 1. The Balaban J connectivity index is 1.90. The second-order valence-corrected chi connectivity index (χ2v) is 8.80. The zero-order valence-electron chi connectivity index (χ0n) is 16.0. The Labute approximate surface area is 179 Å². The van der Waals surface area contributed by atoms with Crippen LogP contribution in [-0.2, 0) is 10.5 Å². The molecule has 1 aromatic carbocycles. The molecule has 1 aliphatic carbocycles. The first-order valence-electron chi connectivity index (χ1n) is 9.29. The minimum Gasteiger partial charge on any atom is -0.465 e. The van der Waals surface area contributed by atoms with Crippen molar-refractivity contribution in [1.29, 1.82) is 0 Å². The smallest absolute Gasteiger partial charge is 0.344 e. The maximum absolute atomic E-state index is 12.6. The Hall–Kier alpha value is -1.44. The van der Waals surface area contributed by atoms with Crippen LogP contribution >= 0.6 is 35.1 Å². The molecule has 28 heavy (non-hydrogen) atoms. The van der Waals surface area contributed by atoms with Crippen LogP contribution in [0.2, 0.25) is 5.02 Å². The summed E-state index contributed by atoms with van der Waals surface area (Å²) in [5.74, 6) is 0.843. The number of hydrogen-bond donors (Lipinski definition) is 1. The van der Waals surface area contributed by atoms with Gasteiger partial charge in [-0.1, -0.05) is 54.8 Å². The second-order valence-electron chi connectivity index (χ2n) is 6.63. The van der Waals surface area contributed by atoms with Crippen molar-refractivity contribution in [2.24, 2.45) is 0 Å². The SMILES string of the molecule is COC(=O)c1c(NC2CCCCC2)nc(SC)nc1SCc1ccc(Cl)cc1. The fourth-order valence-electron chi connectivity index (χ4n) is 3.18. The van der Waals surface area contributed by atoms with Crippen LogP contribution in [0.25, 0.3) is 0 Å². The van der Waals surface area contributed by atoms with Gasteiger partial charge in [0.15, 0.2) is 5.16 Å². The number of ether oxygens (including phenoxy) is 1. The number of methoxy groups -OCH3 is 1. The highest BCUT2D eigenvalue weighted by Crippen LogP contribution is 2.32. The molecule has 0 spiro atoms. The maximum atomic E-state index is 12.6. The van der Waals surface area contributed by atoms with Gasteiger partial charge >= 0.3 is 5.97 Å². The van der Waals surface area contributed by atoms with Crippen LogP contribution in [0.15, 0.2) is 34.4 Å². The Morgan fingerprint density at radius 1 is 1.21 bits per heavy atom. The van der Waals surface area contributed by atoms with Gasteiger partial charge in [0.05, 0.1) is 7.11 Å². The van der Waals surface area contributed by atoms with E-state index in [0.717, 1.165) is 18.4 Å². The Morgan fingerprint density at radius 2 is 1.93 bits per heavy atom. The van der Waals surface area contributed by atoms with Gasteiger partial charge in [0.1, 0.15) is 16.4 Å². The van der Waals surface area contributed by atoms with Gasteiger partial charge in [0.25, 0.3) is 0 Å². The number of nitrogens with one attached hydrogen (secondary N) is 1. The summed E-state index contributed by atoms with van der Waals surface area (Å²) in [5.41, 5.74) is 1.53. The Bertz CT molecular complexity index is 812. The summed E-state index contributed by atoms with van der Waals surface area (Å²) in [5, 5.41) is 5.47. The monoisotopic (exact) mass is 437 g/mol. The van der Waals surface area contributed by atoms with Crippen LogP contribution in [0.4, 0.5) is 5.82 Å². The molecule has 0 unspecified atom stereocenters. The van der Waals surface area contributed by atoms with Gasteiger partial charge in [-0.05, 0) is 36.8 Å². The number of carbonyl (C=O) groups excluding carboxylic acids is 1. The summed E-state index contributed by atoms with van der Waals surface area (Å²) in [6.45, 7) is 0. The van der Waals surface area contributed by atoms with Crippen LogP contribution in [0.1, 0.15) is 48.0 Å². The number of halogens is 1. The predicted octanol–water partition coefficient (Wildman–Crippen LogP) is 5.68.